The van der Waals surface area contributed by atoms with E-state index in [0.717, 1.165) is 39.4 Å². The summed E-state index contributed by atoms with van der Waals surface area (Å²) < 4.78 is 9.63. The number of para-hydroxylation sites is 1. The Bertz CT molecular complexity index is 1910. The molecular formula is C30H24ClN5O2S. The highest BCUT2D eigenvalue weighted by Gasteiger charge is 2.16. The van der Waals surface area contributed by atoms with Crippen LogP contribution in [0.25, 0.3) is 39.4 Å². The van der Waals surface area contributed by atoms with Gasteiger partial charge in [-0.1, -0.05) is 41.1 Å². The molecule has 0 radical (unpaired) electrons. The lowest BCUT2D eigenvalue weighted by molar-refractivity contribution is 0.241. The number of rotatable bonds is 6. The summed E-state index contributed by atoms with van der Waals surface area (Å²) in [6.45, 7) is 6.04. The zero-order valence-corrected chi connectivity index (χ0v) is 23.1. The number of ether oxygens (including phenoxy) is 1. The summed E-state index contributed by atoms with van der Waals surface area (Å²) in [5.74, 6) is 1.32. The molecule has 0 bridgehead atoms. The second-order valence-electron chi connectivity index (χ2n) is 9.41. The molecule has 0 aliphatic carbocycles. The Morgan fingerprint density at radius 1 is 0.974 bits per heavy atom. The van der Waals surface area contributed by atoms with Crippen molar-refractivity contribution < 1.29 is 4.74 Å². The average Bonchev–Trinajstić information content (AvgIpc) is 3.61. The number of benzene rings is 3. The van der Waals surface area contributed by atoms with Crippen molar-refractivity contribution in [1.29, 1.82) is 0 Å². The minimum absolute atomic E-state index is 0.0813. The van der Waals surface area contributed by atoms with Crippen LogP contribution in [0.2, 0.25) is 5.02 Å². The van der Waals surface area contributed by atoms with Crippen LogP contribution in [-0.2, 0) is 0 Å². The van der Waals surface area contributed by atoms with E-state index < -0.39 is 0 Å². The Labute approximate surface area is 233 Å². The molecule has 39 heavy (non-hydrogen) atoms. The van der Waals surface area contributed by atoms with Gasteiger partial charge in [0, 0.05) is 27.9 Å². The SMILES string of the molecule is Cc1cc(-c2nn(-c3ccccc3)cc2/C=c2/sc3nc(-c4ccc(Cl)cc4)nn3c2=O)ccc1OC(C)C. The van der Waals surface area contributed by atoms with Gasteiger partial charge in [-0.2, -0.15) is 14.6 Å². The van der Waals surface area contributed by atoms with Gasteiger partial charge in [0.1, 0.15) is 11.4 Å². The third-order valence-electron chi connectivity index (χ3n) is 6.15. The number of thiazole rings is 1. The van der Waals surface area contributed by atoms with Crippen molar-refractivity contribution in [2.75, 3.05) is 0 Å². The molecule has 0 aliphatic rings. The fourth-order valence-electron chi connectivity index (χ4n) is 4.31. The first kappa shape index (κ1) is 25.0. The van der Waals surface area contributed by atoms with Crippen LogP contribution in [0.4, 0.5) is 0 Å². The summed E-state index contributed by atoms with van der Waals surface area (Å²) >= 11 is 7.30. The summed E-state index contributed by atoms with van der Waals surface area (Å²) in [6.07, 6.45) is 3.88. The molecule has 0 atom stereocenters. The second kappa shape index (κ2) is 10.1. The predicted molar refractivity (Wildman–Crippen MR) is 156 cm³/mol. The summed E-state index contributed by atoms with van der Waals surface area (Å²) in [6, 6.07) is 23.1. The van der Waals surface area contributed by atoms with Crippen LogP contribution in [0.3, 0.4) is 0 Å². The van der Waals surface area contributed by atoms with Crippen molar-refractivity contribution in [3.8, 4) is 34.1 Å². The van der Waals surface area contributed by atoms with Crippen LogP contribution < -0.4 is 14.8 Å². The Morgan fingerprint density at radius 2 is 1.72 bits per heavy atom. The molecular weight excluding hydrogens is 530 g/mol. The third-order valence-corrected chi connectivity index (χ3v) is 7.36. The highest BCUT2D eigenvalue weighted by Crippen LogP contribution is 2.29. The van der Waals surface area contributed by atoms with E-state index in [4.69, 9.17) is 21.4 Å². The first-order chi connectivity index (χ1) is 18.9. The number of hydrogen-bond donors (Lipinski definition) is 0. The summed E-state index contributed by atoms with van der Waals surface area (Å²) in [7, 11) is 0. The fraction of sp³-hybridized carbons (Fsp3) is 0.133. The van der Waals surface area contributed by atoms with Gasteiger partial charge in [0.15, 0.2) is 5.82 Å². The van der Waals surface area contributed by atoms with Crippen molar-refractivity contribution in [3.05, 3.63) is 110 Å². The Balaban J connectivity index is 1.46. The molecule has 194 valence electrons. The third kappa shape index (κ3) is 4.96. The summed E-state index contributed by atoms with van der Waals surface area (Å²) in [4.78, 5) is 18.4. The van der Waals surface area contributed by atoms with Gasteiger partial charge < -0.3 is 4.74 Å². The van der Waals surface area contributed by atoms with Crippen molar-refractivity contribution in [1.82, 2.24) is 24.4 Å². The van der Waals surface area contributed by atoms with Crippen molar-refractivity contribution >= 4 is 34.0 Å². The zero-order chi connectivity index (χ0) is 27.1. The molecule has 9 heteroatoms. The van der Waals surface area contributed by atoms with Gasteiger partial charge in [-0.05, 0) is 87.0 Å². The number of halogens is 1. The molecule has 0 aliphatic heterocycles. The molecule has 3 aromatic heterocycles. The first-order valence-electron chi connectivity index (χ1n) is 12.5. The second-order valence-corrected chi connectivity index (χ2v) is 10.9. The van der Waals surface area contributed by atoms with Gasteiger partial charge in [0.05, 0.1) is 16.3 Å². The van der Waals surface area contributed by atoms with Gasteiger partial charge >= 0.3 is 0 Å². The van der Waals surface area contributed by atoms with E-state index in [2.05, 4.69) is 16.1 Å². The molecule has 6 aromatic rings. The van der Waals surface area contributed by atoms with Gasteiger partial charge in [-0.25, -0.2) is 4.68 Å². The van der Waals surface area contributed by atoms with Crippen molar-refractivity contribution in [2.45, 2.75) is 26.9 Å². The van der Waals surface area contributed by atoms with E-state index in [1.54, 1.807) is 12.1 Å². The average molecular weight is 554 g/mol. The highest BCUT2D eigenvalue weighted by molar-refractivity contribution is 7.15. The lowest BCUT2D eigenvalue weighted by Gasteiger charge is -2.13. The van der Waals surface area contributed by atoms with Gasteiger partial charge in [-0.3, -0.25) is 4.79 Å². The van der Waals surface area contributed by atoms with Crippen LogP contribution in [0, 0.1) is 6.92 Å². The normalized spacial score (nSPS) is 12.1. The van der Waals surface area contributed by atoms with E-state index in [-0.39, 0.29) is 11.7 Å². The summed E-state index contributed by atoms with van der Waals surface area (Å²) in [5, 5.41) is 10.00. The number of hydrogen-bond acceptors (Lipinski definition) is 6. The van der Waals surface area contributed by atoms with Crippen LogP contribution >= 0.6 is 22.9 Å². The van der Waals surface area contributed by atoms with Crippen LogP contribution in [-0.4, -0.2) is 30.5 Å². The van der Waals surface area contributed by atoms with E-state index in [1.165, 1.54) is 15.9 Å². The predicted octanol–water partition coefficient (Wildman–Crippen LogP) is 5.97. The van der Waals surface area contributed by atoms with Gasteiger partial charge in [-0.15, -0.1) is 5.10 Å². The molecule has 0 N–H and O–H groups in total. The first-order valence-corrected chi connectivity index (χ1v) is 13.6. The van der Waals surface area contributed by atoms with E-state index in [0.29, 0.717) is 20.3 Å². The Morgan fingerprint density at radius 3 is 2.41 bits per heavy atom. The standard InChI is InChI=1S/C30H24ClN5O2S/c1-18(2)38-25-14-11-21(15-19(25)3)27-22(17-35(33-27)24-7-5-4-6-8-24)16-26-29(37)36-30(39-26)32-28(34-36)20-9-12-23(31)13-10-20/h4-18H,1-3H3/b26-16+. The molecule has 7 nitrogen and oxygen atoms in total. The summed E-state index contributed by atoms with van der Waals surface area (Å²) in [5.41, 5.74) is 5.02. The maximum atomic E-state index is 13.3. The van der Waals surface area contributed by atoms with Crippen molar-refractivity contribution in [2.24, 2.45) is 0 Å². The quantitative estimate of drug-likeness (QED) is 0.254. The molecule has 0 spiro atoms. The Hall–Kier alpha value is -4.27. The zero-order valence-electron chi connectivity index (χ0n) is 21.5. The number of nitrogens with zero attached hydrogens (tertiary/aromatic N) is 5. The van der Waals surface area contributed by atoms with Gasteiger partial charge in [0.2, 0.25) is 4.96 Å². The molecule has 0 saturated carbocycles. The molecule has 0 saturated heterocycles. The topological polar surface area (TPSA) is 74.3 Å². The lowest BCUT2D eigenvalue weighted by atomic mass is 10.0. The van der Waals surface area contributed by atoms with Crippen molar-refractivity contribution in [3.63, 3.8) is 0 Å². The molecule has 6 rings (SSSR count). The Kier molecular flexibility index (Phi) is 6.50. The highest BCUT2D eigenvalue weighted by atomic mass is 35.5. The maximum absolute atomic E-state index is 13.3. The minimum Gasteiger partial charge on any atom is -0.491 e. The molecule has 3 aromatic carbocycles. The smallest absolute Gasteiger partial charge is 0.291 e. The number of aryl methyl sites for hydroxylation is 1. The van der Waals surface area contributed by atoms with E-state index >= 15 is 0 Å². The molecule has 0 amide bonds. The van der Waals surface area contributed by atoms with E-state index in [9.17, 15) is 4.79 Å². The van der Waals surface area contributed by atoms with E-state index in [1.807, 2.05) is 92.3 Å². The largest absolute Gasteiger partial charge is 0.491 e. The molecule has 0 fully saturated rings. The monoisotopic (exact) mass is 553 g/mol. The maximum Gasteiger partial charge on any atom is 0.291 e. The lowest BCUT2D eigenvalue weighted by Crippen LogP contribution is -2.23. The minimum atomic E-state index is -0.224. The number of fused-ring (bicyclic) bond motifs is 1. The van der Waals surface area contributed by atoms with Gasteiger partial charge in [0.25, 0.3) is 5.56 Å². The van der Waals surface area contributed by atoms with Crippen LogP contribution in [0.5, 0.6) is 5.75 Å². The number of aromatic nitrogens is 5. The van der Waals surface area contributed by atoms with Crippen LogP contribution in [0.1, 0.15) is 25.0 Å². The van der Waals surface area contributed by atoms with Crippen LogP contribution in [0.15, 0.2) is 83.8 Å². The molecule has 0 unspecified atom stereocenters. The fourth-order valence-corrected chi connectivity index (χ4v) is 5.33. The molecule has 3 heterocycles.